The molecule has 6 fully saturated rings. The molecule has 2 N–H and O–H groups in total. The molecule has 2 aromatic heterocycles. The number of carbonyl (C=O) groups excluding carboxylic acids is 2. The maximum absolute atomic E-state index is 17.2. The van der Waals surface area contributed by atoms with Crippen LogP contribution in [0.4, 0.5) is 22.4 Å². The number of benzene rings is 2. The second kappa shape index (κ2) is 13.0. The molecule has 4 bridgehead atoms. The Labute approximate surface area is 318 Å². The Morgan fingerprint density at radius 3 is 2.59 bits per heavy atom. The number of nitriles is 1. The number of nitrogens with zero attached hydrogens (tertiary/aromatic N) is 5. The van der Waals surface area contributed by atoms with E-state index in [1.165, 1.54) is 4.90 Å². The van der Waals surface area contributed by atoms with Gasteiger partial charge in [-0.1, -0.05) is 35.3 Å². The van der Waals surface area contributed by atoms with Crippen molar-refractivity contribution in [3.05, 3.63) is 63.1 Å². The number of amides is 3. The average molecular weight is 783 g/mol. The van der Waals surface area contributed by atoms with E-state index < -0.39 is 30.6 Å². The molecule has 0 spiro atoms. The first kappa shape index (κ1) is 35.6. The Balaban J connectivity index is 1.25. The van der Waals surface area contributed by atoms with Gasteiger partial charge in [-0.3, -0.25) is 4.79 Å². The first-order valence-corrected chi connectivity index (χ1v) is 19.2. The third-order valence-electron chi connectivity index (χ3n) is 12.2. The highest BCUT2D eigenvalue weighted by Crippen LogP contribution is 2.54. The van der Waals surface area contributed by atoms with E-state index in [9.17, 15) is 28.0 Å². The molecule has 4 saturated heterocycles. The number of hydrogen-bond acceptors (Lipinski definition) is 5. The van der Waals surface area contributed by atoms with Crippen molar-refractivity contribution in [1.82, 2.24) is 30.0 Å². The summed E-state index contributed by atoms with van der Waals surface area (Å²) in [6.45, 7) is 1.54. The van der Waals surface area contributed by atoms with Crippen LogP contribution in [0.25, 0.3) is 32.9 Å². The SMILES string of the molecule is Cc1nc2c(F)c(-c3cccc(Cl)c3Cl)c(CCC#N)cc2c2c1cc([C@H]1[C@H]3C[C@H](CN(C(=O)NCC(F)(F)F)C3)N1C(=O)C1CC1)n2[C@H]1[C@H]2CN[C@@H]1C2. The summed E-state index contributed by atoms with van der Waals surface area (Å²) in [7, 11) is 0. The standard InChI is InChI=1S/C39H37Cl2F4N7O2/c1-18-25-13-29(35-22-10-23(51(35)37(53)19-7-8-19)16-50(15-22)38(54)48-17-39(43,44)45)52(34-21-12-28(34)47-14-21)36(25)26-11-20(4-3-9-46)30(32(42)33(26)49-18)24-5-2-6-27(40)31(24)41/h2,5-6,11,13,19,21-23,28,34-35,47H,3-4,7-8,10,12,14-17H2,1H3,(H,48,54)/t21-,22+,23-,28-,34+,35-/m1/s1. The van der Waals surface area contributed by atoms with Gasteiger partial charge in [0, 0.05) is 77.2 Å². The summed E-state index contributed by atoms with van der Waals surface area (Å²) >= 11 is 13.1. The van der Waals surface area contributed by atoms with Gasteiger partial charge in [0.15, 0.2) is 5.82 Å². The summed E-state index contributed by atoms with van der Waals surface area (Å²) in [6, 6.07) is 9.73. The maximum atomic E-state index is 17.2. The first-order chi connectivity index (χ1) is 25.8. The van der Waals surface area contributed by atoms with Gasteiger partial charge in [-0.15, -0.1) is 0 Å². The van der Waals surface area contributed by atoms with Gasteiger partial charge in [-0.2, -0.15) is 18.4 Å². The molecule has 6 heterocycles. The summed E-state index contributed by atoms with van der Waals surface area (Å²) in [5.41, 5.74) is 3.64. The number of piperidine rings is 1. The first-order valence-electron chi connectivity index (χ1n) is 18.5. The molecule has 2 saturated carbocycles. The lowest BCUT2D eigenvalue weighted by Crippen LogP contribution is -2.51. The topological polar surface area (TPSA) is 106 Å². The predicted octanol–water partition coefficient (Wildman–Crippen LogP) is 7.86. The number of urea groups is 1. The third kappa shape index (κ3) is 5.70. The van der Waals surface area contributed by atoms with Gasteiger partial charge in [-0.05, 0) is 68.7 Å². The Bertz CT molecular complexity index is 2270. The quantitative estimate of drug-likeness (QED) is 0.186. The van der Waals surface area contributed by atoms with Gasteiger partial charge in [0.1, 0.15) is 12.1 Å². The number of pyridine rings is 1. The molecule has 0 unspecified atom stereocenters. The van der Waals surface area contributed by atoms with Crippen LogP contribution in [0.3, 0.4) is 0 Å². The summed E-state index contributed by atoms with van der Waals surface area (Å²) in [4.78, 5) is 35.5. The summed E-state index contributed by atoms with van der Waals surface area (Å²) < 4.78 is 58.7. The lowest BCUT2D eigenvalue weighted by atomic mass is 9.79. The second-order valence-corrected chi connectivity index (χ2v) is 16.4. The molecule has 0 radical (unpaired) electrons. The zero-order valence-corrected chi connectivity index (χ0v) is 30.8. The predicted molar refractivity (Wildman–Crippen MR) is 195 cm³/mol. The average Bonchev–Trinajstić information content (AvgIpc) is 3.42. The normalized spacial score (nSPS) is 26.0. The van der Waals surface area contributed by atoms with E-state index in [-0.39, 0.29) is 82.9 Å². The van der Waals surface area contributed by atoms with Crippen LogP contribution < -0.4 is 10.6 Å². The van der Waals surface area contributed by atoms with Crippen molar-refractivity contribution in [3.8, 4) is 17.2 Å². The Morgan fingerprint density at radius 1 is 1.11 bits per heavy atom. The van der Waals surface area contributed by atoms with Crippen molar-refractivity contribution in [2.75, 3.05) is 26.2 Å². The van der Waals surface area contributed by atoms with Gasteiger partial charge in [0.05, 0.1) is 39.8 Å². The number of nitrogens with one attached hydrogen (secondary N) is 2. The van der Waals surface area contributed by atoms with Crippen LogP contribution in [0, 0.1) is 41.8 Å². The molecule has 2 aromatic carbocycles. The van der Waals surface area contributed by atoms with Crippen LogP contribution in [0.2, 0.25) is 10.0 Å². The van der Waals surface area contributed by atoms with Crippen LogP contribution in [-0.2, 0) is 11.2 Å². The minimum Gasteiger partial charge on any atom is -0.337 e. The van der Waals surface area contributed by atoms with Crippen molar-refractivity contribution < 1.29 is 27.2 Å². The number of fused-ring (bicyclic) bond motifs is 6. The monoisotopic (exact) mass is 781 g/mol. The van der Waals surface area contributed by atoms with E-state index in [2.05, 4.69) is 22.0 Å². The van der Waals surface area contributed by atoms with E-state index in [0.717, 1.165) is 42.4 Å². The van der Waals surface area contributed by atoms with Crippen molar-refractivity contribution in [1.29, 1.82) is 5.26 Å². The molecule has 9 nitrogen and oxygen atoms in total. The number of halogens is 6. The minimum absolute atomic E-state index is 0.000289. The summed E-state index contributed by atoms with van der Waals surface area (Å²) in [5.74, 6) is -0.642. The lowest BCUT2D eigenvalue weighted by Gasteiger charge is -2.40. The van der Waals surface area contributed by atoms with E-state index >= 15 is 4.39 Å². The molecular weight excluding hydrogens is 745 g/mol. The fourth-order valence-corrected chi connectivity index (χ4v) is 10.2. The zero-order chi connectivity index (χ0) is 37.8. The van der Waals surface area contributed by atoms with Crippen LogP contribution in [0.15, 0.2) is 30.3 Å². The Kier molecular flexibility index (Phi) is 8.56. The van der Waals surface area contributed by atoms with E-state index in [1.807, 2.05) is 23.2 Å². The number of alkyl halides is 3. The van der Waals surface area contributed by atoms with Gasteiger partial charge in [-0.25, -0.2) is 14.2 Å². The van der Waals surface area contributed by atoms with Gasteiger partial charge >= 0.3 is 12.2 Å². The van der Waals surface area contributed by atoms with E-state index in [1.54, 1.807) is 18.2 Å². The van der Waals surface area contributed by atoms with Crippen molar-refractivity contribution in [3.63, 3.8) is 0 Å². The highest BCUT2D eigenvalue weighted by atomic mass is 35.5. The molecule has 2 aliphatic carbocycles. The molecule has 15 heteroatoms. The largest absolute Gasteiger partial charge is 0.405 e. The fraction of sp³-hybridized carbons (Fsp3) is 0.487. The van der Waals surface area contributed by atoms with Crippen molar-refractivity contribution >= 4 is 56.9 Å². The molecule has 6 atom stereocenters. The van der Waals surface area contributed by atoms with Gasteiger partial charge < -0.3 is 25.0 Å². The second-order valence-electron chi connectivity index (χ2n) is 15.6. The number of likely N-dealkylation sites (tertiary alicyclic amines) is 2. The molecule has 6 aliphatic rings. The van der Waals surface area contributed by atoms with Gasteiger partial charge in [0.25, 0.3) is 0 Å². The molecule has 4 aromatic rings. The molecule has 54 heavy (non-hydrogen) atoms. The van der Waals surface area contributed by atoms with Crippen LogP contribution in [0.5, 0.6) is 0 Å². The number of aryl methyl sites for hydroxylation is 2. The molecule has 282 valence electrons. The number of aromatic nitrogens is 2. The van der Waals surface area contributed by atoms with E-state index in [4.69, 9.17) is 28.2 Å². The number of rotatable bonds is 7. The number of carbonyl (C=O) groups is 2. The minimum atomic E-state index is -4.55. The smallest absolute Gasteiger partial charge is 0.337 e. The maximum Gasteiger partial charge on any atom is 0.405 e. The molecule has 4 aliphatic heterocycles. The van der Waals surface area contributed by atoms with Crippen molar-refractivity contribution in [2.45, 2.75) is 75.8 Å². The van der Waals surface area contributed by atoms with Crippen LogP contribution in [0.1, 0.15) is 61.1 Å². The Morgan fingerprint density at radius 2 is 1.91 bits per heavy atom. The van der Waals surface area contributed by atoms with Crippen LogP contribution >= 0.6 is 23.2 Å². The Hall–Kier alpha value is -4.12. The molecule has 3 amide bonds. The molecule has 10 rings (SSSR count). The van der Waals surface area contributed by atoms with Crippen LogP contribution in [-0.4, -0.2) is 75.7 Å². The lowest BCUT2D eigenvalue weighted by molar-refractivity contribution is -0.135. The van der Waals surface area contributed by atoms with E-state index in [0.29, 0.717) is 34.5 Å². The zero-order valence-electron chi connectivity index (χ0n) is 29.3. The van der Waals surface area contributed by atoms with Crippen molar-refractivity contribution in [2.24, 2.45) is 17.8 Å². The highest BCUT2D eigenvalue weighted by Gasteiger charge is 2.55. The van der Waals surface area contributed by atoms with Gasteiger partial charge in [0.2, 0.25) is 5.91 Å². The highest BCUT2D eigenvalue weighted by molar-refractivity contribution is 6.43. The fourth-order valence-electron chi connectivity index (χ4n) is 9.76. The summed E-state index contributed by atoms with van der Waals surface area (Å²) in [5, 5.41) is 17.1. The molecular formula is C39H37Cl2F4N7O2. The number of hydrogen-bond donors (Lipinski definition) is 2. The summed E-state index contributed by atoms with van der Waals surface area (Å²) in [6.07, 6.45) is -1.04. The third-order valence-corrected chi connectivity index (χ3v) is 13.1.